The van der Waals surface area contributed by atoms with Crippen molar-refractivity contribution in [3.8, 4) is 0 Å². The first-order valence-electron chi connectivity index (χ1n) is 5.58. The molecule has 0 fully saturated rings. The lowest BCUT2D eigenvalue weighted by atomic mass is 10.1. The average Bonchev–Trinajstić information content (AvgIpc) is 2.26. The molecule has 0 aliphatic heterocycles. The maximum absolute atomic E-state index is 13.7. The molecule has 4 nitrogen and oxygen atoms in total. The molecular formula is C12H17FN2O2. The predicted octanol–water partition coefficient (Wildman–Crippen LogP) is 2.87. The number of halogens is 1. The molecule has 1 aromatic carbocycles. The van der Waals surface area contributed by atoms with Crippen molar-refractivity contribution in [2.45, 2.75) is 33.4 Å². The van der Waals surface area contributed by atoms with Crippen LogP contribution in [0.25, 0.3) is 0 Å². The van der Waals surface area contributed by atoms with Gasteiger partial charge in [-0.2, -0.15) is 4.39 Å². The van der Waals surface area contributed by atoms with Crippen LogP contribution in [0.15, 0.2) is 18.2 Å². The molecule has 1 aromatic rings. The maximum Gasteiger partial charge on any atom is 0.305 e. The van der Waals surface area contributed by atoms with Gasteiger partial charge in [-0.05, 0) is 12.8 Å². The van der Waals surface area contributed by atoms with Crippen LogP contribution >= 0.6 is 0 Å². The van der Waals surface area contributed by atoms with Gasteiger partial charge < -0.3 is 5.32 Å². The Morgan fingerprint density at radius 1 is 1.41 bits per heavy atom. The molecule has 0 radical (unpaired) electrons. The topological polar surface area (TPSA) is 55.2 Å². The molecule has 1 N–H and O–H groups in total. The van der Waals surface area contributed by atoms with Gasteiger partial charge in [0.1, 0.15) is 0 Å². The third kappa shape index (κ3) is 3.49. The summed E-state index contributed by atoms with van der Waals surface area (Å²) in [6.07, 6.45) is 0. The van der Waals surface area contributed by atoms with Crippen molar-refractivity contribution in [1.82, 2.24) is 5.32 Å². The van der Waals surface area contributed by atoms with E-state index in [2.05, 4.69) is 19.2 Å². The van der Waals surface area contributed by atoms with Gasteiger partial charge in [0.15, 0.2) is 0 Å². The van der Waals surface area contributed by atoms with E-state index in [0.29, 0.717) is 18.0 Å². The van der Waals surface area contributed by atoms with Crippen molar-refractivity contribution < 1.29 is 9.31 Å². The van der Waals surface area contributed by atoms with Crippen LogP contribution < -0.4 is 5.32 Å². The number of nitro groups is 1. The van der Waals surface area contributed by atoms with Crippen LogP contribution in [-0.4, -0.2) is 11.0 Å². The van der Waals surface area contributed by atoms with Crippen molar-refractivity contribution in [2.24, 2.45) is 5.92 Å². The molecule has 5 heteroatoms. The number of rotatable bonds is 5. The Morgan fingerprint density at radius 3 is 2.59 bits per heavy atom. The molecule has 0 saturated carbocycles. The summed E-state index contributed by atoms with van der Waals surface area (Å²) in [5.74, 6) is -0.322. The van der Waals surface area contributed by atoms with E-state index in [1.54, 1.807) is 6.07 Å². The van der Waals surface area contributed by atoms with Crippen LogP contribution in [0.2, 0.25) is 0 Å². The molecule has 0 amide bonds. The van der Waals surface area contributed by atoms with Crippen LogP contribution in [-0.2, 0) is 6.54 Å². The number of hydrogen-bond donors (Lipinski definition) is 1. The van der Waals surface area contributed by atoms with Crippen molar-refractivity contribution in [3.05, 3.63) is 39.7 Å². The standard InChI is InChI=1S/C12H17FN2O2/c1-8(2)9(3)14-7-10-5-4-6-11(12(10)13)15(16)17/h4-6,8-9,14H,7H2,1-3H3. The van der Waals surface area contributed by atoms with E-state index in [1.165, 1.54) is 12.1 Å². The molecule has 1 atom stereocenters. The number of nitrogens with zero attached hydrogens (tertiary/aromatic N) is 1. The predicted molar refractivity (Wildman–Crippen MR) is 64.2 cm³/mol. The zero-order valence-corrected chi connectivity index (χ0v) is 10.2. The van der Waals surface area contributed by atoms with E-state index in [-0.39, 0.29) is 6.04 Å². The second kappa shape index (κ2) is 5.72. The van der Waals surface area contributed by atoms with Crippen molar-refractivity contribution in [3.63, 3.8) is 0 Å². The van der Waals surface area contributed by atoms with Gasteiger partial charge in [0.05, 0.1) is 4.92 Å². The molecule has 0 aromatic heterocycles. The highest BCUT2D eigenvalue weighted by Crippen LogP contribution is 2.20. The lowest BCUT2D eigenvalue weighted by Gasteiger charge is -2.17. The lowest BCUT2D eigenvalue weighted by molar-refractivity contribution is -0.387. The Hall–Kier alpha value is -1.49. The van der Waals surface area contributed by atoms with Gasteiger partial charge in [-0.1, -0.05) is 26.0 Å². The second-order valence-electron chi connectivity index (χ2n) is 4.42. The molecule has 0 heterocycles. The quantitative estimate of drug-likeness (QED) is 0.636. The van der Waals surface area contributed by atoms with E-state index in [0.717, 1.165) is 0 Å². The molecule has 0 saturated heterocycles. The fraction of sp³-hybridized carbons (Fsp3) is 0.500. The molecule has 0 aliphatic rings. The van der Waals surface area contributed by atoms with Gasteiger partial charge in [-0.15, -0.1) is 0 Å². The Kier molecular flexibility index (Phi) is 4.57. The smallest absolute Gasteiger partial charge is 0.305 e. The highest BCUT2D eigenvalue weighted by atomic mass is 19.1. The molecule has 1 unspecified atom stereocenters. The van der Waals surface area contributed by atoms with E-state index < -0.39 is 16.4 Å². The third-order valence-corrected chi connectivity index (χ3v) is 2.87. The SMILES string of the molecule is CC(C)C(C)NCc1cccc([N+](=O)[O-])c1F. The summed E-state index contributed by atoms with van der Waals surface area (Å²) in [4.78, 5) is 9.86. The highest BCUT2D eigenvalue weighted by molar-refractivity contribution is 5.36. The van der Waals surface area contributed by atoms with Crippen LogP contribution in [0.4, 0.5) is 10.1 Å². The number of hydrogen-bond acceptors (Lipinski definition) is 3. The minimum atomic E-state index is -0.749. The fourth-order valence-corrected chi connectivity index (χ4v) is 1.35. The highest BCUT2D eigenvalue weighted by Gasteiger charge is 2.17. The van der Waals surface area contributed by atoms with Crippen LogP contribution in [0.5, 0.6) is 0 Å². The Morgan fingerprint density at radius 2 is 2.06 bits per heavy atom. The molecule has 94 valence electrons. The van der Waals surface area contributed by atoms with E-state index in [1.807, 2.05) is 6.92 Å². The maximum atomic E-state index is 13.7. The van der Waals surface area contributed by atoms with Crippen molar-refractivity contribution >= 4 is 5.69 Å². The summed E-state index contributed by atoms with van der Waals surface area (Å²) < 4.78 is 13.7. The van der Waals surface area contributed by atoms with E-state index in [9.17, 15) is 14.5 Å². The molecule has 17 heavy (non-hydrogen) atoms. The first kappa shape index (κ1) is 13.6. The number of benzene rings is 1. The van der Waals surface area contributed by atoms with Crippen LogP contribution in [0.1, 0.15) is 26.3 Å². The number of nitrogens with one attached hydrogen (secondary N) is 1. The van der Waals surface area contributed by atoms with Crippen LogP contribution in [0, 0.1) is 21.8 Å². The monoisotopic (exact) mass is 240 g/mol. The van der Waals surface area contributed by atoms with E-state index >= 15 is 0 Å². The fourth-order valence-electron chi connectivity index (χ4n) is 1.35. The van der Waals surface area contributed by atoms with Crippen molar-refractivity contribution in [2.75, 3.05) is 0 Å². The van der Waals surface area contributed by atoms with Crippen LogP contribution in [0.3, 0.4) is 0 Å². The average molecular weight is 240 g/mol. The van der Waals surface area contributed by atoms with Gasteiger partial charge >= 0.3 is 5.69 Å². The van der Waals surface area contributed by atoms with E-state index in [4.69, 9.17) is 0 Å². The third-order valence-electron chi connectivity index (χ3n) is 2.87. The Bertz CT molecular complexity index is 407. The zero-order chi connectivity index (χ0) is 13.0. The Labute approximate surface area is 100.0 Å². The first-order valence-corrected chi connectivity index (χ1v) is 5.58. The molecule has 0 spiro atoms. The first-order chi connectivity index (χ1) is 7.93. The molecule has 0 aliphatic carbocycles. The summed E-state index contributed by atoms with van der Waals surface area (Å²) in [7, 11) is 0. The molecule has 0 bridgehead atoms. The van der Waals surface area contributed by atoms with Crippen molar-refractivity contribution in [1.29, 1.82) is 0 Å². The summed E-state index contributed by atoms with van der Waals surface area (Å²) in [6.45, 7) is 6.41. The molecule has 1 rings (SSSR count). The normalized spacial score (nSPS) is 12.8. The largest absolute Gasteiger partial charge is 0.310 e. The minimum Gasteiger partial charge on any atom is -0.310 e. The summed E-state index contributed by atoms with van der Waals surface area (Å²) in [5.41, 5.74) is -0.145. The minimum absolute atomic E-state index is 0.230. The second-order valence-corrected chi connectivity index (χ2v) is 4.42. The van der Waals surface area contributed by atoms with Gasteiger partial charge in [0.25, 0.3) is 0 Å². The van der Waals surface area contributed by atoms with Gasteiger partial charge in [-0.3, -0.25) is 10.1 Å². The Balaban J connectivity index is 2.79. The lowest BCUT2D eigenvalue weighted by Crippen LogP contribution is -2.30. The zero-order valence-electron chi connectivity index (χ0n) is 10.2. The number of nitro benzene ring substituents is 1. The van der Waals surface area contributed by atoms with Gasteiger partial charge in [-0.25, -0.2) is 0 Å². The summed E-state index contributed by atoms with van der Waals surface area (Å²) in [5, 5.41) is 13.7. The summed E-state index contributed by atoms with van der Waals surface area (Å²) in [6, 6.07) is 4.46. The molecular weight excluding hydrogens is 223 g/mol. The van der Waals surface area contributed by atoms with Gasteiger partial charge in [0, 0.05) is 24.2 Å². The summed E-state index contributed by atoms with van der Waals surface area (Å²) >= 11 is 0. The van der Waals surface area contributed by atoms with Gasteiger partial charge in [0.2, 0.25) is 5.82 Å².